The van der Waals surface area contributed by atoms with Gasteiger partial charge in [0, 0.05) is 19.7 Å². The van der Waals surface area contributed by atoms with Crippen molar-refractivity contribution < 1.29 is 22.7 Å². The molecule has 0 aromatic heterocycles. The van der Waals surface area contributed by atoms with Crippen molar-refractivity contribution in [2.75, 3.05) is 21.3 Å². The predicted octanol–water partition coefficient (Wildman–Crippen LogP) is 2.03. The summed E-state index contributed by atoms with van der Waals surface area (Å²) in [5.74, 6) is 0.381. The van der Waals surface area contributed by atoms with Gasteiger partial charge in [0.15, 0.2) is 11.5 Å². The lowest BCUT2D eigenvalue weighted by atomic mass is 10.2. The number of likely N-dealkylation sites (N-methyl/N-ethyl adjacent to an activating group) is 1. The number of amides is 1. The van der Waals surface area contributed by atoms with Crippen LogP contribution in [0, 0.1) is 0 Å². The molecule has 146 valence electrons. The zero-order chi connectivity index (χ0) is 20.0. The third kappa shape index (κ3) is 5.21. The lowest BCUT2D eigenvalue weighted by molar-refractivity contribution is -0.131. The minimum atomic E-state index is -3.90. The Morgan fingerprint density at radius 1 is 1.07 bits per heavy atom. The van der Waals surface area contributed by atoms with E-state index in [1.165, 1.54) is 44.2 Å². The first-order chi connectivity index (χ1) is 12.8. The van der Waals surface area contributed by atoms with E-state index in [0.29, 0.717) is 18.0 Å². The Labute approximate surface area is 160 Å². The summed E-state index contributed by atoms with van der Waals surface area (Å²) in [5, 5.41) is 0. The molecule has 0 aliphatic rings. The van der Waals surface area contributed by atoms with Crippen LogP contribution in [0.25, 0.3) is 0 Å². The zero-order valence-electron chi connectivity index (χ0n) is 15.8. The Morgan fingerprint density at radius 2 is 1.70 bits per heavy atom. The largest absolute Gasteiger partial charge is 0.493 e. The normalized spacial score (nSPS) is 12.3. The van der Waals surface area contributed by atoms with Gasteiger partial charge in [0.25, 0.3) is 0 Å². The van der Waals surface area contributed by atoms with Crippen molar-refractivity contribution in [3.05, 3.63) is 54.1 Å². The molecule has 1 atom stereocenters. The van der Waals surface area contributed by atoms with E-state index in [0.717, 1.165) is 5.56 Å². The fourth-order valence-electron chi connectivity index (χ4n) is 2.60. The first kappa shape index (κ1) is 20.7. The van der Waals surface area contributed by atoms with Crippen LogP contribution in [-0.2, 0) is 21.4 Å². The van der Waals surface area contributed by atoms with Gasteiger partial charge < -0.3 is 14.4 Å². The molecule has 1 amide bonds. The molecule has 0 bridgehead atoms. The third-order valence-corrected chi connectivity index (χ3v) is 5.54. The monoisotopic (exact) mass is 392 g/mol. The first-order valence-electron chi connectivity index (χ1n) is 8.31. The summed E-state index contributed by atoms with van der Waals surface area (Å²) in [4.78, 5) is 14.0. The number of nitrogens with zero attached hydrogens (tertiary/aromatic N) is 1. The van der Waals surface area contributed by atoms with Gasteiger partial charge in [-0.2, -0.15) is 4.72 Å². The van der Waals surface area contributed by atoms with E-state index in [1.54, 1.807) is 7.05 Å². The van der Waals surface area contributed by atoms with Gasteiger partial charge in [-0.25, -0.2) is 8.42 Å². The summed E-state index contributed by atoms with van der Waals surface area (Å²) in [6, 6.07) is 12.8. The number of hydrogen-bond donors (Lipinski definition) is 1. The highest BCUT2D eigenvalue weighted by atomic mass is 32.2. The minimum absolute atomic E-state index is 0.00878. The maximum absolute atomic E-state index is 12.6. The SMILES string of the molecule is COc1ccc(S(=O)(=O)NC(C)C(=O)N(C)Cc2ccccc2)cc1OC. The molecule has 0 fully saturated rings. The molecule has 0 saturated heterocycles. The summed E-state index contributed by atoms with van der Waals surface area (Å²) < 4.78 is 37.9. The van der Waals surface area contributed by atoms with Gasteiger partial charge in [0.2, 0.25) is 15.9 Å². The standard InChI is InChI=1S/C19H24N2O5S/c1-14(19(22)21(2)13-15-8-6-5-7-9-15)20-27(23,24)16-10-11-17(25-3)18(12-16)26-4/h5-12,14,20H,13H2,1-4H3. The molecule has 0 aliphatic carbocycles. The molecular formula is C19H24N2O5S. The van der Waals surface area contributed by atoms with Crippen LogP contribution in [-0.4, -0.2) is 46.5 Å². The van der Waals surface area contributed by atoms with E-state index in [-0.39, 0.29) is 10.8 Å². The van der Waals surface area contributed by atoms with Crippen molar-refractivity contribution in [2.24, 2.45) is 0 Å². The maximum Gasteiger partial charge on any atom is 0.241 e. The fraction of sp³-hybridized carbons (Fsp3) is 0.316. The molecule has 0 heterocycles. The van der Waals surface area contributed by atoms with Crippen molar-refractivity contribution in [1.29, 1.82) is 0 Å². The lowest BCUT2D eigenvalue weighted by Gasteiger charge is -2.22. The van der Waals surface area contributed by atoms with Crippen molar-refractivity contribution in [3.8, 4) is 11.5 Å². The number of methoxy groups -OCH3 is 2. The fourth-order valence-corrected chi connectivity index (χ4v) is 3.81. The number of nitrogens with one attached hydrogen (secondary N) is 1. The lowest BCUT2D eigenvalue weighted by Crippen LogP contribution is -2.45. The number of hydrogen-bond acceptors (Lipinski definition) is 5. The topological polar surface area (TPSA) is 84.9 Å². The molecule has 2 rings (SSSR count). The Kier molecular flexibility index (Phi) is 6.81. The number of benzene rings is 2. The highest BCUT2D eigenvalue weighted by Gasteiger charge is 2.25. The average Bonchev–Trinajstić information content (AvgIpc) is 2.67. The van der Waals surface area contributed by atoms with Crippen LogP contribution in [0.15, 0.2) is 53.4 Å². The van der Waals surface area contributed by atoms with Crippen LogP contribution in [0.1, 0.15) is 12.5 Å². The van der Waals surface area contributed by atoms with Crippen LogP contribution in [0.5, 0.6) is 11.5 Å². The summed E-state index contributed by atoms with van der Waals surface area (Å²) >= 11 is 0. The summed E-state index contributed by atoms with van der Waals surface area (Å²) in [6.45, 7) is 1.91. The number of carbonyl (C=O) groups is 1. The Balaban J connectivity index is 2.11. The molecule has 0 saturated carbocycles. The Hall–Kier alpha value is -2.58. The van der Waals surface area contributed by atoms with Gasteiger partial charge in [-0.15, -0.1) is 0 Å². The van der Waals surface area contributed by atoms with Crippen molar-refractivity contribution in [3.63, 3.8) is 0 Å². The van der Waals surface area contributed by atoms with Gasteiger partial charge in [0.05, 0.1) is 25.2 Å². The Morgan fingerprint density at radius 3 is 2.30 bits per heavy atom. The Bertz CT molecular complexity index is 884. The second-order valence-electron chi connectivity index (χ2n) is 6.04. The highest BCUT2D eigenvalue weighted by molar-refractivity contribution is 7.89. The summed E-state index contributed by atoms with van der Waals surface area (Å²) in [7, 11) is 0.623. The van der Waals surface area contributed by atoms with Crippen LogP contribution in [0.3, 0.4) is 0 Å². The quantitative estimate of drug-likeness (QED) is 0.743. The number of rotatable bonds is 8. The van der Waals surface area contributed by atoms with Crippen LogP contribution in [0.4, 0.5) is 0 Å². The van der Waals surface area contributed by atoms with Crippen molar-refractivity contribution >= 4 is 15.9 Å². The molecule has 1 unspecified atom stereocenters. The smallest absolute Gasteiger partial charge is 0.241 e. The van der Waals surface area contributed by atoms with Gasteiger partial charge in [-0.1, -0.05) is 30.3 Å². The van der Waals surface area contributed by atoms with Crippen LogP contribution >= 0.6 is 0 Å². The first-order valence-corrected chi connectivity index (χ1v) is 9.80. The average molecular weight is 392 g/mol. The molecule has 1 N–H and O–H groups in total. The summed E-state index contributed by atoms with van der Waals surface area (Å²) in [5.41, 5.74) is 0.961. The molecule has 8 heteroatoms. The van der Waals surface area contributed by atoms with Crippen LogP contribution in [0.2, 0.25) is 0 Å². The number of carbonyl (C=O) groups excluding carboxylic acids is 1. The van der Waals surface area contributed by atoms with E-state index < -0.39 is 16.1 Å². The minimum Gasteiger partial charge on any atom is -0.493 e. The number of ether oxygens (including phenoxy) is 2. The van der Waals surface area contributed by atoms with Gasteiger partial charge in [-0.3, -0.25) is 4.79 Å². The molecule has 0 radical (unpaired) electrons. The molecule has 0 spiro atoms. The van der Waals surface area contributed by atoms with E-state index >= 15 is 0 Å². The molecule has 2 aromatic rings. The second-order valence-corrected chi connectivity index (χ2v) is 7.75. The van der Waals surface area contributed by atoms with Gasteiger partial charge in [0.1, 0.15) is 0 Å². The predicted molar refractivity (Wildman–Crippen MR) is 102 cm³/mol. The molecular weight excluding hydrogens is 368 g/mol. The molecule has 7 nitrogen and oxygen atoms in total. The second kappa shape index (κ2) is 8.88. The zero-order valence-corrected chi connectivity index (χ0v) is 16.6. The molecule has 27 heavy (non-hydrogen) atoms. The van der Waals surface area contributed by atoms with Gasteiger partial charge >= 0.3 is 0 Å². The third-order valence-electron chi connectivity index (χ3n) is 4.01. The van der Waals surface area contributed by atoms with E-state index in [2.05, 4.69) is 4.72 Å². The van der Waals surface area contributed by atoms with Crippen molar-refractivity contribution in [1.82, 2.24) is 9.62 Å². The summed E-state index contributed by atoms with van der Waals surface area (Å²) in [6.07, 6.45) is 0. The number of sulfonamides is 1. The van der Waals surface area contributed by atoms with Crippen LogP contribution < -0.4 is 14.2 Å². The highest BCUT2D eigenvalue weighted by Crippen LogP contribution is 2.29. The van der Waals surface area contributed by atoms with E-state index in [4.69, 9.17) is 9.47 Å². The van der Waals surface area contributed by atoms with E-state index in [9.17, 15) is 13.2 Å². The van der Waals surface area contributed by atoms with E-state index in [1.807, 2.05) is 30.3 Å². The maximum atomic E-state index is 12.6. The van der Waals surface area contributed by atoms with Crippen molar-refractivity contribution in [2.45, 2.75) is 24.4 Å². The van der Waals surface area contributed by atoms with Gasteiger partial charge in [-0.05, 0) is 24.6 Å². The molecule has 2 aromatic carbocycles. The molecule has 0 aliphatic heterocycles.